The molecule has 0 spiro atoms. The molecule has 4 rings (SSSR count). The number of anilines is 1. The molecule has 0 fully saturated rings. The first-order valence-electron chi connectivity index (χ1n) is 9.59. The maximum Gasteiger partial charge on any atom is 0.173 e. The number of benzene rings is 3. The van der Waals surface area contributed by atoms with E-state index in [2.05, 4.69) is 0 Å². The molecule has 1 atom stereocenters. The van der Waals surface area contributed by atoms with E-state index >= 15 is 0 Å². The van der Waals surface area contributed by atoms with Gasteiger partial charge in [0.1, 0.15) is 23.0 Å². The van der Waals surface area contributed by atoms with Crippen molar-refractivity contribution in [3.8, 4) is 17.1 Å². The quantitative estimate of drug-likeness (QED) is 0.393. The molecule has 154 valence electrons. The van der Waals surface area contributed by atoms with Crippen LogP contribution in [-0.2, 0) is 17.6 Å². The molecular weight excluding hydrogens is 398 g/mol. The van der Waals surface area contributed by atoms with Gasteiger partial charge in [-0.25, -0.2) is 4.21 Å². The summed E-state index contributed by atoms with van der Waals surface area (Å²) in [6.45, 7) is 2.54. The Morgan fingerprint density at radius 1 is 1.03 bits per heavy atom. The van der Waals surface area contributed by atoms with Crippen LogP contribution >= 0.6 is 0 Å². The predicted octanol–water partition coefficient (Wildman–Crippen LogP) is 5.60. The lowest BCUT2D eigenvalue weighted by molar-refractivity contribution is 0.414. The second-order valence-corrected chi connectivity index (χ2v) is 8.00. The Hall–Kier alpha value is -3.09. The van der Waals surface area contributed by atoms with E-state index in [1.54, 1.807) is 7.11 Å². The fourth-order valence-corrected chi connectivity index (χ4v) is 4.08. The third kappa shape index (κ3) is 4.25. The largest absolute Gasteiger partial charge is 0.497 e. The summed E-state index contributed by atoms with van der Waals surface area (Å²) < 4.78 is 32.5. The van der Waals surface area contributed by atoms with Crippen molar-refractivity contribution >= 4 is 27.7 Å². The lowest BCUT2D eigenvalue weighted by atomic mass is 10.1. The Morgan fingerprint density at radius 3 is 2.43 bits per heavy atom. The summed E-state index contributed by atoms with van der Waals surface area (Å²) in [5.74, 6) is 1.62. The first kappa shape index (κ1) is 20.2. The SMILES string of the molecule is COc1ccc(CN(CS(=O)O)c2ccc3c(C)c(-c4ccccc4)oc3c2)cc1. The molecule has 0 aliphatic rings. The molecule has 0 aliphatic carbocycles. The van der Waals surface area contributed by atoms with Crippen molar-refractivity contribution in [1.82, 2.24) is 0 Å². The molecule has 1 aromatic heterocycles. The number of hydrogen-bond donors (Lipinski definition) is 1. The number of aryl methyl sites for hydroxylation is 1. The lowest BCUT2D eigenvalue weighted by Gasteiger charge is -2.23. The van der Waals surface area contributed by atoms with Crippen LogP contribution in [0.15, 0.2) is 77.2 Å². The van der Waals surface area contributed by atoms with Gasteiger partial charge in [0.05, 0.1) is 7.11 Å². The van der Waals surface area contributed by atoms with Crippen LogP contribution in [-0.4, -0.2) is 21.7 Å². The maximum absolute atomic E-state index is 11.6. The summed E-state index contributed by atoms with van der Waals surface area (Å²) in [7, 11) is 1.63. The highest BCUT2D eigenvalue weighted by atomic mass is 32.2. The molecule has 0 saturated carbocycles. The zero-order chi connectivity index (χ0) is 21.1. The molecule has 1 heterocycles. The molecule has 0 radical (unpaired) electrons. The molecule has 4 aromatic rings. The molecule has 1 unspecified atom stereocenters. The number of furan rings is 1. The highest BCUT2D eigenvalue weighted by Crippen LogP contribution is 2.35. The average Bonchev–Trinajstić information content (AvgIpc) is 3.10. The monoisotopic (exact) mass is 421 g/mol. The standard InChI is InChI=1S/C24H23NO4S/c1-17-22-13-10-20(14-23(22)29-24(17)19-6-4-3-5-7-19)25(16-30(26)27)15-18-8-11-21(28-2)12-9-18/h3-14H,15-16H2,1-2H3,(H,26,27). The molecule has 30 heavy (non-hydrogen) atoms. The molecule has 0 amide bonds. The van der Waals surface area contributed by atoms with Crippen LogP contribution < -0.4 is 9.64 Å². The smallest absolute Gasteiger partial charge is 0.173 e. The maximum atomic E-state index is 11.6. The van der Waals surface area contributed by atoms with E-state index in [9.17, 15) is 8.76 Å². The van der Waals surface area contributed by atoms with E-state index in [4.69, 9.17) is 9.15 Å². The molecule has 5 nitrogen and oxygen atoms in total. The lowest BCUT2D eigenvalue weighted by Crippen LogP contribution is -2.26. The van der Waals surface area contributed by atoms with E-state index in [1.807, 2.05) is 84.6 Å². The van der Waals surface area contributed by atoms with Gasteiger partial charge in [-0.05, 0) is 36.8 Å². The van der Waals surface area contributed by atoms with Crippen LogP contribution in [0.4, 0.5) is 5.69 Å². The van der Waals surface area contributed by atoms with Crippen molar-refractivity contribution in [2.75, 3.05) is 17.9 Å². The van der Waals surface area contributed by atoms with Gasteiger partial charge in [0.15, 0.2) is 11.1 Å². The van der Waals surface area contributed by atoms with Gasteiger partial charge in [0.25, 0.3) is 0 Å². The zero-order valence-corrected chi connectivity index (χ0v) is 17.7. The summed E-state index contributed by atoms with van der Waals surface area (Å²) in [6.07, 6.45) is 0. The summed E-state index contributed by atoms with van der Waals surface area (Å²) in [5.41, 5.74) is 4.71. The van der Waals surface area contributed by atoms with Gasteiger partial charge in [-0.3, -0.25) is 0 Å². The summed E-state index contributed by atoms with van der Waals surface area (Å²) in [6, 6.07) is 23.6. The Balaban J connectivity index is 1.69. The van der Waals surface area contributed by atoms with Crippen LogP contribution in [0, 0.1) is 6.92 Å². The highest BCUT2D eigenvalue weighted by Gasteiger charge is 2.16. The highest BCUT2D eigenvalue weighted by molar-refractivity contribution is 7.79. The van der Waals surface area contributed by atoms with Crippen molar-refractivity contribution in [3.05, 3.63) is 83.9 Å². The minimum absolute atomic E-state index is 0.00275. The van der Waals surface area contributed by atoms with Gasteiger partial charge in [-0.1, -0.05) is 42.5 Å². The summed E-state index contributed by atoms with van der Waals surface area (Å²) >= 11 is -1.97. The summed E-state index contributed by atoms with van der Waals surface area (Å²) in [4.78, 5) is 1.87. The minimum Gasteiger partial charge on any atom is -0.497 e. The number of nitrogens with zero attached hydrogens (tertiary/aromatic N) is 1. The molecule has 6 heteroatoms. The molecule has 0 saturated heterocycles. The van der Waals surface area contributed by atoms with Crippen molar-refractivity contribution in [1.29, 1.82) is 0 Å². The number of methoxy groups -OCH3 is 1. The van der Waals surface area contributed by atoms with Crippen LogP contribution in [0.1, 0.15) is 11.1 Å². The zero-order valence-electron chi connectivity index (χ0n) is 16.9. The third-order valence-electron chi connectivity index (χ3n) is 5.12. The normalized spacial score (nSPS) is 12.1. The van der Waals surface area contributed by atoms with Gasteiger partial charge in [-0.2, -0.15) is 0 Å². The van der Waals surface area contributed by atoms with Crippen molar-refractivity contribution in [3.63, 3.8) is 0 Å². The van der Waals surface area contributed by atoms with E-state index in [1.165, 1.54) is 0 Å². The Morgan fingerprint density at radius 2 is 1.77 bits per heavy atom. The van der Waals surface area contributed by atoms with E-state index < -0.39 is 11.1 Å². The fraction of sp³-hybridized carbons (Fsp3) is 0.167. The van der Waals surface area contributed by atoms with Gasteiger partial charge in [0.2, 0.25) is 0 Å². The molecule has 0 bridgehead atoms. The van der Waals surface area contributed by atoms with E-state index in [0.29, 0.717) is 6.54 Å². The second-order valence-electron chi connectivity index (χ2n) is 7.10. The van der Waals surface area contributed by atoms with Crippen LogP contribution in [0.5, 0.6) is 5.75 Å². The van der Waals surface area contributed by atoms with Crippen LogP contribution in [0.3, 0.4) is 0 Å². The van der Waals surface area contributed by atoms with Crippen molar-refractivity contribution in [2.45, 2.75) is 13.5 Å². The van der Waals surface area contributed by atoms with Crippen LogP contribution in [0.2, 0.25) is 0 Å². The van der Waals surface area contributed by atoms with Gasteiger partial charge < -0.3 is 18.6 Å². The third-order valence-corrected chi connectivity index (χ3v) is 5.65. The number of ether oxygens (including phenoxy) is 1. The van der Waals surface area contributed by atoms with E-state index in [0.717, 1.165) is 44.9 Å². The van der Waals surface area contributed by atoms with Gasteiger partial charge in [-0.15, -0.1) is 0 Å². The van der Waals surface area contributed by atoms with E-state index in [-0.39, 0.29) is 5.88 Å². The minimum atomic E-state index is -1.97. The molecular formula is C24H23NO4S. The number of hydrogen-bond acceptors (Lipinski definition) is 4. The summed E-state index contributed by atoms with van der Waals surface area (Å²) in [5, 5.41) is 1.03. The van der Waals surface area contributed by atoms with Crippen molar-refractivity contribution < 1.29 is 17.9 Å². The first-order chi connectivity index (χ1) is 14.5. The second kappa shape index (κ2) is 8.73. The topological polar surface area (TPSA) is 62.9 Å². The Kier molecular flexibility index (Phi) is 5.88. The number of rotatable bonds is 7. The first-order valence-corrected chi connectivity index (χ1v) is 10.9. The van der Waals surface area contributed by atoms with Crippen LogP contribution in [0.25, 0.3) is 22.3 Å². The Labute approximate surface area is 178 Å². The van der Waals surface area contributed by atoms with Gasteiger partial charge in [0, 0.05) is 34.8 Å². The number of fused-ring (bicyclic) bond motifs is 1. The fourth-order valence-electron chi connectivity index (χ4n) is 3.57. The Bertz CT molecular complexity index is 1170. The molecule has 1 N–H and O–H groups in total. The average molecular weight is 422 g/mol. The molecule has 3 aromatic carbocycles. The molecule has 0 aliphatic heterocycles. The van der Waals surface area contributed by atoms with Crippen molar-refractivity contribution in [2.24, 2.45) is 0 Å². The predicted molar refractivity (Wildman–Crippen MR) is 121 cm³/mol. The van der Waals surface area contributed by atoms with Gasteiger partial charge >= 0.3 is 0 Å².